The Balaban J connectivity index is 2.64. The predicted octanol–water partition coefficient (Wildman–Crippen LogP) is 4.87. The van der Waals surface area contributed by atoms with E-state index in [-0.39, 0.29) is 21.3 Å². The summed E-state index contributed by atoms with van der Waals surface area (Å²) >= 11 is 11.5. The number of rotatable bonds is 1. The van der Waals surface area contributed by atoms with E-state index in [1.807, 2.05) is 0 Å². The van der Waals surface area contributed by atoms with Gasteiger partial charge in [0, 0.05) is 11.8 Å². The zero-order valence-corrected chi connectivity index (χ0v) is 10.2. The molecule has 1 aromatic heterocycles. The van der Waals surface area contributed by atoms with Crippen LogP contribution in [0.5, 0.6) is 0 Å². The molecule has 0 N–H and O–H groups in total. The van der Waals surface area contributed by atoms with Crippen molar-refractivity contribution in [3.8, 4) is 11.3 Å². The monoisotopic (exact) mass is 290 g/mol. The Hall–Kier alpha value is -1.26. The first kappa shape index (κ1) is 13.2. The van der Waals surface area contributed by atoms with Crippen LogP contribution in [0.2, 0.25) is 10.0 Å². The van der Waals surface area contributed by atoms with E-state index in [1.54, 1.807) is 0 Å². The molecule has 0 saturated carbocycles. The summed E-state index contributed by atoms with van der Waals surface area (Å²) in [5.74, 6) is 0. The first-order chi connectivity index (χ1) is 8.39. The molecule has 0 spiro atoms. The highest BCUT2D eigenvalue weighted by Crippen LogP contribution is 2.38. The molecule has 1 aromatic carbocycles. The molecule has 2 rings (SSSR count). The van der Waals surface area contributed by atoms with E-state index in [0.29, 0.717) is 0 Å². The van der Waals surface area contributed by atoms with Crippen molar-refractivity contribution in [2.24, 2.45) is 0 Å². The highest BCUT2D eigenvalue weighted by atomic mass is 35.5. The maximum absolute atomic E-state index is 12.8. The largest absolute Gasteiger partial charge is 0.417 e. The second-order valence-electron chi connectivity index (χ2n) is 3.44. The van der Waals surface area contributed by atoms with Gasteiger partial charge in [0.1, 0.15) is 0 Å². The minimum atomic E-state index is -4.51. The van der Waals surface area contributed by atoms with Gasteiger partial charge in [-0.25, -0.2) is 0 Å². The molecular formula is C12H5Cl2F3N. The van der Waals surface area contributed by atoms with Crippen LogP contribution in [0, 0.1) is 6.07 Å². The van der Waals surface area contributed by atoms with Crippen LogP contribution in [0.25, 0.3) is 11.3 Å². The summed E-state index contributed by atoms with van der Waals surface area (Å²) in [4.78, 5) is 3.84. The lowest BCUT2D eigenvalue weighted by molar-refractivity contribution is -0.137. The van der Waals surface area contributed by atoms with Gasteiger partial charge >= 0.3 is 6.18 Å². The number of alkyl halides is 3. The van der Waals surface area contributed by atoms with Gasteiger partial charge in [0.25, 0.3) is 0 Å². The molecule has 18 heavy (non-hydrogen) atoms. The second kappa shape index (κ2) is 4.78. The minimum absolute atomic E-state index is 0.0326. The summed E-state index contributed by atoms with van der Waals surface area (Å²) in [7, 11) is 0. The number of nitrogens with zero attached hydrogens (tertiary/aromatic N) is 1. The lowest BCUT2D eigenvalue weighted by atomic mass is 10.0. The quantitative estimate of drug-likeness (QED) is 0.730. The molecule has 0 atom stereocenters. The third kappa shape index (κ3) is 2.60. The highest BCUT2D eigenvalue weighted by Gasteiger charge is 2.34. The number of hydrogen-bond donors (Lipinski definition) is 0. The number of halogens is 5. The van der Waals surface area contributed by atoms with Crippen LogP contribution < -0.4 is 0 Å². The first-order valence-electron chi connectivity index (χ1n) is 4.79. The van der Waals surface area contributed by atoms with Crippen LogP contribution in [0.15, 0.2) is 30.5 Å². The van der Waals surface area contributed by atoms with Gasteiger partial charge in [-0.05, 0) is 12.1 Å². The van der Waals surface area contributed by atoms with Gasteiger partial charge < -0.3 is 0 Å². The summed E-state index contributed by atoms with van der Waals surface area (Å²) in [6.07, 6.45) is -3.27. The van der Waals surface area contributed by atoms with Crippen molar-refractivity contribution >= 4 is 23.2 Å². The Kier molecular flexibility index (Phi) is 3.50. The lowest BCUT2D eigenvalue weighted by Gasteiger charge is -2.12. The Labute approximate surface area is 111 Å². The molecule has 0 aliphatic heterocycles. The molecule has 1 nitrogen and oxygen atoms in total. The molecule has 0 aliphatic rings. The van der Waals surface area contributed by atoms with Gasteiger partial charge in [-0.1, -0.05) is 41.4 Å². The number of aromatic nitrogens is 1. The fraction of sp³-hybridized carbons (Fsp3) is 0.0833. The second-order valence-corrected chi connectivity index (χ2v) is 4.28. The van der Waals surface area contributed by atoms with E-state index in [4.69, 9.17) is 23.2 Å². The van der Waals surface area contributed by atoms with Gasteiger partial charge in [0.2, 0.25) is 0 Å². The van der Waals surface area contributed by atoms with E-state index in [9.17, 15) is 13.2 Å². The van der Waals surface area contributed by atoms with Gasteiger partial charge in [0.05, 0.1) is 21.3 Å². The number of hydrogen-bond acceptors (Lipinski definition) is 1. The summed E-state index contributed by atoms with van der Waals surface area (Å²) in [6.45, 7) is 0. The smallest absolute Gasteiger partial charge is 0.253 e. The average Bonchev–Trinajstić information content (AvgIpc) is 2.28. The third-order valence-corrected chi connectivity index (χ3v) is 2.70. The minimum Gasteiger partial charge on any atom is -0.253 e. The normalized spacial score (nSPS) is 11.6. The van der Waals surface area contributed by atoms with Crippen molar-refractivity contribution < 1.29 is 13.2 Å². The number of pyridine rings is 1. The Morgan fingerprint density at radius 3 is 2.56 bits per heavy atom. The van der Waals surface area contributed by atoms with Crippen molar-refractivity contribution in [1.29, 1.82) is 0 Å². The molecule has 1 radical (unpaired) electrons. The van der Waals surface area contributed by atoms with Crippen LogP contribution in [0.4, 0.5) is 13.2 Å². The van der Waals surface area contributed by atoms with Crippen molar-refractivity contribution in [3.05, 3.63) is 52.1 Å². The van der Waals surface area contributed by atoms with E-state index in [0.717, 1.165) is 0 Å². The van der Waals surface area contributed by atoms with Gasteiger partial charge in [-0.15, -0.1) is 0 Å². The Morgan fingerprint density at radius 1 is 1.22 bits per heavy atom. The fourth-order valence-electron chi connectivity index (χ4n) is 1.48. The topological polar surface area (TPSA) is 12.9 Å². The summed E-state index contributed by atoms with van der Waals surface area (Å²) < 4.78 is 38.5. The van der Waals surface area contributed by atoms with Crippen molar-refractivity contribution in [1.82, 2.24) is 4.98 Å². The molecule has 6 heteroatoms. The third-order valence-electron chi connectivity index (χ3n) is 2.20. The fourth-order valence-corrected chi connectivity index (χ4v) is 1.96. The summed E-state index contributed by atoms with van der Waals surface area (Å²) in [5, 5.41) is 0.324. The average molecular weight is 291 g/mol. The lowest BCUT2D eigenvalue weighted by Crippen LogP contribution is -2.07. The molecular weight excluding hydrogens is 286 g/mol. The molecule has 2 aromatic rings. The van der Waals surface area contributed by atoms with Crippen LogP contribution in [0.1, 0.15) is 5.56 Å². The first-order valence-corrected chi connectivity index (χ1v) is 5.54. The molecule has 1 heterocycles. The van der Waals surface area contributed by atoms with Crippen molar-refractivity contribution in [2.45, 2.75) is 6.18 Å². The van der Waals surface area contributed by atoms with Gasteiger partial charge in [-0.2, -0.15) is 13.2 Å². The molecule has 0 aliphatic carbocycles. The summed E-state index contributed by atoms with van der Waals surface area (Å²) in [6, 6.07) is 7.43. The van der Waals surface area contributed by atoms with E-state index in [1.165, 1.54) is 30.5 Å². The van der Waals surface area contributed by atoms with Crippen LogP contribution in [-0.2, 0) is 6.18 Å². The maximum Gasteiger partial charge on any atom is 0.417 e. The predicted molar refractivity (Wildman–Crippen MR) is 63.5 cm³/mol. The number of benzene rings is 1. The van der Waals surface area contributed by atoms with Gasteiger partial charge in [-0.3, -0.25) is 4.98 Å². The Bertz CT molecular complexity index is 582. The zero-order chi connectivity index (χ0) is 13.3. The molecule has 0 bridgehead atoms. The van der Waals surface area contributed by atoms with E-state index in [2.05, 4.69) is 11.1 Å². The SMILES string of the molecule is FC(F)(F)c1[c]cccc1-c1ncc(Cl)cc1Cl. The maximum atomic E-state index is 12.8. The van der Waals surface area contributed by atoms with Gasteiger partial charge in [0.15, 0.2) is 0 Å². The van der Waals surface area contributed by atoms with Crippen LogP contribution >= 0.6 is 23.2 Å². The van der Waals surface area contributed by atoms with Crippen LogP contribution in [0.3, 0.4) is 0 Å². The highest BCUT2D eigenvalue weighted by molar-refractivity contribution is 6.36. The van der Waals surface area contributed by atoms with E-state index >= 15 is 0 Å². The van der Waals surface area contributed by atoms with Crippen molar-refractivity contribution in [2.75, 3.05) is 0 Å². The molecule has 93 valence electrons. The van der Waals surface area contributed by atoms with Crippen molar-refractivity contribution in [3.63, 3.8) is 0 Å². The molecule has 0 saturated heterocycles. The molecule has 0 amide bonds. The standard InChI is InChI=1S/C12H5Cl2F3N/c13-7-5-10(14)11(18-6-7)8-3-1-2-4-9(8)12(15,16)17/h1-3,5-6H. The Morgan fingerprint density at radius 2 is 1.94 bits per heavy atom. The van der Waals surface area contributed by atoms with Crippen LogP contribution in [-0.4, -0.2) is 4.98 Å². The molecule has 0 fully saturated rings. The van der Waals surface area contributed by atoms with E-state index < -0.39 is 11.7 Å². The summed E-state index contributed by atoms with van der Waals surface area (Å²) in [5.41, 5.74) is -0.987. The zero-order valence-electron chi connectivity index (χ0n) is 8.72. The molecule has 0 unspecified atom stereocenters.